The summed E-state index contributed by atoms with van der Waals surface area (Å²) in [7, 11) is 0. The minimum absolute atomic E-state index is 0.0587. The molecule has 0 aromatic heterocycles. The Morgan fingerprint density at radius 2 is 1.72 bits per heavy atom. The van der Waals surface area contributed by atoms with E-state index in [4.69, 9.17) is 0 Å². The summed E-state index contributed by atoms with van der Waals surface area (Å²) in [5.41, 5.74) is 1.18. The number of hydrogen-bond donors (Lipinski definition) is 0. The SMILES string of the molecule is O=C(C1CCC1)N1CCC2C(=O)N(Cc3ccccc3)CCN2CC1. The molecule has 1 aromatic rings. The van der Waals surface area contributed by atoms with Crippen LogP contribution in [-0.4, -0.2) is 65.3 Å². The molecule has 2 heterocycles. The van der Waals surface area contributed by atoms with E-state index in [0.717, 1.165) is 52.0 Å². The van der Waals surface area contributed by atoms with Gasteiger partial charge in [0.2, 0.25) is 11.8 Å². The molecule has 0 bridgehead atoms. The highest BCUT2D eigenvalue weighted by Gasteiger charge is 2.38. The minimum atomic E-state index is -0.0587. The predicted octanol–water partition coefficient (Wildman–Crippen LogP) is 1.73. The van der Waals surface area contributed by atoms with Crippen molar-refractivity contribution in [3.05, 3.63) is 35.9 Å². The Bertz CT molecular complexity index is 629. The van der Waals surface area contributed by atoms with Crippen molar-refractivity contribution >= 4 is 11.8 Å². The third-order valence-electron chi connectivity index (χ3n) is 6.01. The zero-order chi connectivity index (χ0) is 17.2. The first-order valence-corrected chi connectivity index (χ1v) is 9.58. The quantitative estimate of drug-likeness (QED) is 0.841. The lowest BCUT2D eigenvalue weighted by Crippen LogP contribution is -2.56. The monoisotopic (exact) mass is 341 g/mol. The van der Waals surface area contributed by atoms with E-state index < -0.39 is 0 Å². The van der Waals surface area contributed by atoms with Crippen LogP contribution in [0.25, 0.3) is 0 Å². The number of carbonyl (C=O) groups excluding carboxylic acids is 2. The van der Waals surface area contributed by atoms with Gasteiger partial charge < -0.3 is 9.80 Å². The van der Waals surface area contributed by atoms with Gasteiger partial charge in [-0.25, -0.2) is 0 Å². The maximum Gasteiger partial charge on any atom is 0.240 e. The van der Waals surface area contributed by atoms with Crippen molar-refractivity contribution in [3.63, 3.8) is 0 Å². The van der Waals surface area contributed by atoms with Gasteiger partial charge >= 0.3 is 0 Å². The lowest BCUT2D eigenvalue weighted by Gasteiger charge is -2.39. The molecular weight excluding hydrogens is 314 g/mol. The second-order valence-electron chi connectivity index (χ2n) is 7.54. The maximum atomic E-state index is 13.0. The van der Waals surface area contributed by atoms with Gasteiger partial charge in [0, 0.05) is 45.2 Å². The van der Waals surface area contributed by atoms with Gasteiger partial charge in [0.1, 0.15) is 0 Å². The second-order valence-corrected chi connectivity index (χ2v) is 7.54. The summed E-state index contributed by atoms with van der Waals surface area (Å²) in [6, 6.07) is 10.1. The molecular formula is C20H27N3O2. The van der Waals surface area contributed by atoms with Crippen LogP contribution >= 0.6 is 0 Å². The van der Waals surface area contributed by atoms with Crippen LogP contribution in [0.15, 0.2) is 30.3 Å². The Balaban J connectivity index is 1.39. The molecule has 134 valence electrons. The van der Waals surface area contributed by atoms with E-state index in [0.29, 0.717) is 12.5 Å². The zero-order valence-electron chi connectivity index (χ0n) is 14.8. The van der Waals surface area contributed by atoms with Gasteiger partial charge in [-0.1, -0.05) is 36.8 Å². The van der Waals surface area contributed by atoms with Crippen molar-refractivity contribution < 1.29 is 9.59 Å². The molecule has 0 N–H and O–H groups in total. The van der Waals surface area contributed by atoms with Crippen LogP contribution in [0.4, 0.5) is 0 Å². The molecule has 5 nitrogen and oxygen atoms in total. The topological polar surface area (TPSA) is 43.9 Å². The van der Waals surface area contributed by atoms with Crippen molar-refractivity contribution in [2.45, 2.75) is 38.3 Å². The molecule has 1 saturated carbocycles. The van der Waals surface area contributed by atoms with Crippen LogP contribution in [0, 0.1) is 5.92 Å². The first-order chi connectivity index (χ1) is 12.2. The lowest BCUT2D eigenvalue weighted by atomic mass is 9.84. The molecule has 5 heteroatoms. The average Bonchev–Trinajstić information content (AvgIpc) is 2.80. The van der Waals surface area contributed by atoms with Crippen molar-refractivity contribution in [2.75, 3.05) is 32.7 Å². The van der Waals surface area contributed by atoms with Gasteiger partial charge in [-0.3, -0.25) is 14.5 Å². The highest BCUT2D eigenvalue weighted by atomic mass is 16.2. The standard InChI is InChI=1S/C20H27N3O2/c24-19(17-7-4-8-17)22-10-9-18-20(25)23(14-12-21(18)11-13-22)15-16-5-2-1-3-6-16/h1-3,5-6,17-18H,4,7-15H2. The molecule has 2 aliphatic heterocycles. The van der Waals surface area contributed by atoms with E-state index in [9.17, 15) is 9.59 Å². The number of rotatable bonds is 3. The molecule has 0 radical (unpaired) electrons. The van der Waals surface area contributed by atoms with Crippen LogP contribution in [0.1, 0.15) is 31.2 Å². The fourth-order valence-corrected chi connectivity index (χ4v) is 4.19. The molecule has 3 aliphatic rings. The van der Waals surface area contributed by atoms with E-state index in [1.807, 2.05) is 28.0 Å². The van der Waals surface area contributed by atoms with Crippen molar-refractivity contribution in [2.24, 2.45) is 5.92 Å². The van der Waals surface area contributed by atoms with E-state index in [2.05, 4.69) is 17.0 Å². The van der Waals surface area contributed by atoms with Crippen LogP contribution in [-0.2, 0) is 16.1 Å². The lowest BCUT2D eigenvalue weighted by molar-refractivity contribution is -0.142. The largest absolute Gasteiger partial charge is 0.341 e. The fourth-order valence-electron chi connectivity index (χ4n) is 4.19. The number of hydrogen-bond acceptors (Lipinski definition) is 3. The highest BCUT2D eigenvalue weighted by Crippen LogP contribution is 2.29. The van der Waals surface area contributed by atoms with Crippen molar-refractivity contribution in [1.82, 2.24) is 14.7 Å². The molecule has 1 unspecified atom stereocenters. The van der Waals surface area contributed by atoms with E-state index in [-0.39, 0.29) is 17.9 Å². The number of nitrogens with zero attached hydrogens (tertiary/aromatic N) is 3. The summed E-state index contributed by atoms with van der Waals surface area (Å²) >= 11 is 0. The number of carbonyl (C=O) groups is 2. The van der Waals surface area contributed by atoms with Crippen LogP contribution < -0.4 is 0 Å². The first-order valence-electron chi connectivity index (χ1n) is 9.58. The first kappa shape index (κ1) is 16.6. The van der Waals surface area contributed by atoms with Crippen molar-refractivity contribution in [3.8, 4) is 0 Å². The van der Waals surface area contributed by atoms with E-state index >= 15 is 0 Å². The number of fused-ring (bicyclic) bond motifs is 1. The number of amides is 2. The molecule has 1 aliphatic carbocycles. The number of benzene rings is 1. The highest BCUT2D eigenvalue weighted by molar-refractivity contribution is 5.83. The van der Waals surface area contributed by atoms with Gasteiger partial charge in [0.15, 0.2) is 0 Å². The Labute approximate surface area is 149 Å². The minimum Gasteiger partial charge on any atom is -0.341 e. The third kappa shape index (κ3) is 3.43. The Hall–Kier alpha value is -1.88. The average molecular weight is 341 g/mol. The second kappa shape index (κ2) is 7.16. The van der Waals surface area contributed by atoms with E-state index in [1.54, 1.807) is 0 Å². The molecule has 1 aromatic carbocycles. The smallest absolute Gasteiger partial charge is 0.240 e. The summed E-state index contributed by atoms with van der Waals surface area (Å²) in [6.45, 7) is 4.71. The zero-order valence-corrected chi connectivity index (χ0v) is 14.8. The summed E-state index contributed by atoms with van der Waals surface area (Å²) < 4.78 is 0. The fraction of sp³-hybridized carbons (Fsp3) is 0.600. The molecule has 3 fully saturated rings. The summed E-state index contributed by atoms with van der Waals surface area (Å²) in [5, 5.41) is 0. The predicted molar refractivity (Wildman–Crippen MR) is 95.8 cm³/mol. The van der Waals surface area contributed by atoms with Gasteiger partial charge in [-0.2, -0.15) is 0 Å². The summed E-state index contributed by atoms with van der Waals surface area (Å²) in [4.78, 5) is 31.8. The Kier molecular flexibility index (Phi) is 4.75. The summed E-state index contributed by atoms with van der Waals surface area (Å²) in [6.07, 6.45) is 4.05. The summed E-state index contributed by atoms with van der Waals surface area (Å²) in [5.74, 6) is 0.799. The number of piperazine rings is 1. The maximum absolute atomic E-state index is 13.0. The normalized spacial score (nSPS) is 25.3. The molecule has 4 rings (SSSR count). The van der Waals surface area contributed by atoms with Gasteiger partial charge in [0.25, 0.3) is 0 Å². The third-order valence-corrected chi connectivity index (χ3v) is 6.01. The molecule has 2 amide bonds. The van der Waals surface area contributed by atoms with Gasteiger partial charge in [-0.15, -0.1) is 0 Å². The van der Waals surface area contributed by atoms with Gasteiger partial charge in [-0.05, 0) is 24.8 Å². The molecule has 25 heavy (non-hydrogen) atoms. The molecule has 0 spiro atoms. The van der Waals surface area contributed by atoms with Crippen molar-refractivity contribution in [1.29, 1.82) is 0 Å². The molecule has 2 saturated heterocycles. The van der Waals surface area contributed by atoms with Gasteiger partial charge in [0.05, 0.1) is 6.04 Å². The molecule has 1 atom stereocenters. The van der Waals surface area contributed by atoms with Crippen LogP contribution in [0.5, 0.6) is 0 Å². The van der Waals surface area contributed by atoms with Crippen LogP contribution in [0.2, 0.25) is 0 Å². The van der Waals surface area contributed by atoms with Crippen LogP contribution in [0.3, 0.4) is 0 Å². The Morgan fingerprint density at radius 3 is 2.44 bits per heavy atom. The van der Waals surface area contributed by atoms with E-state index in [1.165, 1.54) is 12.0 Å². The Morgan fingerprint density at radius 1 is 0.960 bits per heavy atom.